The van der Waals surface area contributed by atoms with E-state index < -0.39 is 18.6 Å². The summed E-state index contributed by atoms with van der Waals surface area (Å²) in [6, 6.07) is 4.27. The molecule has 1 N–H and O–H groups in total. The van der Waals surface area contributed by atoms with Crippen molar-refractivity contribution in [3.05, 3.63) is 33.3 Å². The largest absolute Gasteiger partial charge is 0.390 e. The van der Waals surface area contributed by atoms with Crippen molar-refractivity contribution in [3.63, 3.8) is 0 Å². The van der Waals surface area contributed by atoms with Crippen LogP contribution in [0.3, 0.4) is 0 Å². The van der Waals surface area contributed by atoms with Gasteiger partial charge in [-0.2, -0.15) is 13.2 Å². The summed E-state index contributed by atoms with van der Waals surface area (Å²) in [5, 5.41) is 3.66. The van der Waals surface area contributed by atoms with E-state index >= 15 is 0 Å². The first-order valence-electron chi connectivity index (χ1n) is 6.33. The molecule has 0 saturated carbocycles. The van der Waals surface area contributed by atoms with E-state index in [0.29, 0.717) is 41.2 Å². The quantitative estimate of drug-likeness (QED) is 0.864. The van der Waals surface area contributed by atoms with Gasteiger partial charge in [-0.15, -0.1) is 0 Å². The summed E-state index contributed by atoms with van der Waals surface area (Å²) in [7, 11) is 0. The minimum atomic E-state index is -4.20. The van der Waals surface area contributed by atoms with E-state index in [1.807, 2.05) is 4.90 Å². The molecule has 0 amide bonds. The van der Waals surface area contributed by atoms with E-state index in [4.69, 9.17) is 11.6 Å². The number of alkyl halides is 3. The molecular formula is C13H15BrClF3N2. The second-order valence-corrected chi connectivity index (χ2v) is 6.08. The monoisotopic (exact) mass is 370 g/mol. The molecule has 0 aromatic heterocycles. The molecule has 1 saturated heterocycles. The van der Waals surface area contributed by atoms with Crippen molar-refractivity contribution in [1.29, 1.82) is 0 Å². The molecule has 1 aromatic rings. The van der Waals surface area contributed by atoms with Gasteiger partial charge >= 0.3 is 6.18 Å². The number of halogens is 5. The first-order valence-corrected chi connectivity index (χ1v) is 7.50. The third kappa shape index (κ3) is 4.35. The summed E-state index contributed by atoms with van der Waals surface area (Å²) < 4.78 is 39.2. The summed E-state index contributed by atoms with van der Waals surface area (Å²) in [5.74, 6) is 0. The average Bonchev–Trinajstić information content (AvgIpc) is 2.36. The van der Waals surface area contributed by atoms with Crippen molar-refractivity contribution >= 4 is 27.5 Å². The standard InChI is InChI=1S/C13H15BrClF3N2/c14-11-7-9(15)1-2-10(11)12(8-13(16,17)18)20-5-3-19-4-6-20/h1-2,7,12,19H,3-6,8H2/t12-/m0/s1. The molecule has 0 aliphatic carbocycles. The molecule has 112 valence electrons. The second kappa shape index (κ2) is 6.64. The van der Waals surface area contributed by atoms with Crippen LogP contribution in [0.1, 0.15) is 18.0 Å². The van der Waals surface area contributed by atoms with Crippen LogP contribution in [0.2, 0.25) is 5.02 Å². The van der Waals surface area contributed by atoms with Gasteiger partial charge in [0.1, 0.15) is 0 Å². The van der Waals surface area contributed by atoms with Gasteiger partial charge in [0, 0.05) is 41.7 Å². The predicted octanol–water partition coefficient (Wildman–Crippen LogP) is 4.00. The molecule has 1 fully saturated rings. The lowest BCUT2D eigenvalue weighted by Gasteiger charge is -2.36. The maximum atomic E-state index is 12.9. The number of benzene rings is 1. The lowest BCUT2D eigenvalue weighted by molar-refractivity contribution is -0.148. The minimum absolute atomic E-state index is 0.506. The molecule has 1 aliphatic heterocycles. The van der Waals surface area contributed by atoms with Crippen molar-refractivity contribution < 1.29 is 13.2 Å². The number of hydrogen-bond donors (Lipinski definition) is 1. The molecule has 7 heteroatoms. The zero-order chi connectivity index (χ0) is 14.8. The van der Waals surface area contributed by atoms with E-state index in [1.54, 1.807) is 18.2 Å². The fourth-order valence-electron chi connectivity index (χ4n) is 2.42. The maximum absolute atomic E-state index is 12.9. The molecule has 1 aliphatic rings. The normalized spacial score (nSPS) is 19.1. The minimum Gasteiger partial charge on any atom is -0.314 e. The van der Waals surface area contributed by atoms with E-state index in [0.717, 1.165) is 0 Å². The van der Waals surface area contributed by atoms with Gasteiger partial charge < -0.3 is 5.32 Å². The van der Waals surface area contributed by atoms with Crippen LogP contribution >= 0.6 is 27.5 Å². The van der Waals surface area contributed by atoms with E-state index in [-0.39, 0.29) is 0 Å². The second-order valence-electron chi connectivity index (χ2n) is 4.79. The predicted molar refractivity (Wildman–Crippen MR) is 77.0 cm³/mol. The Morgan fingerprint density at radius 3 is 2.50 bits per heavy atom. The highest BCUT2D eigenvalue weighted by Gasteiger charge is 2.36. The van der Waals surface area contributed by atoms with Crippen LogP contribution in [0.15, 0.2) is 22.7 Å². The van der Waals surface area contributed by atoms with Gasteiger partial charge in [-0.1, -0.05) is 33.6 Å². The highest BCUT2D eigenvalue weighted by atomic mass is 79.9. The van der Waals surface area contributed by atoms with E-state index in [2.05, 4.69) is 21.2 Å². The Kier molecular flexibility index (Phi) is 5.34. The van der Waals surface area contributed by atoms with Crippen LogP contribution in [0.4, 0.5) is 13.2 Å². The summed E-state index contributed by atoms with van der Waals surface area (Å²) >= 11 is 9.19. The van der Waals surface area contributed by atoms with Crippen LogP contribution in [0.5, 0.6) is 0 Å². The van der Waals surface area contributed by atoms with Crippen LogP contribution < -0.4 is 5.32 Å². The molecule has 20 heavy (non-hydrogen) atoms. The Morgan fingerprint density at radius 2 is 1.95 bits per heavy atom. The van der Waals surface area contributed by atoms with Crippen LogP contribution in [-0.4, -0.2) is 37.3 Å². The SMILES string of the molecule is FC(F)(F)C[C@@H](c1ccc(Cl)cc1Br)N1CCNCC1. The third-order valence-corrected chi connectivity index (χ3v) is 4.26. The number of rotatable bonds is 3. The highest BCUT2D eigenvalue weighted by Crippen LogP contribution is 2.37. The van der Waals surface area contributed by atoms with Crippen LogP contribution in [-0.2, 0) is 0 Å². The third-order valence-electron chi connectivity index (χ3n) is 3.34. The fourth-order valence-corrected chi connectivity index (χ4v) is 3.37. The van der Waals surface area contributed by atoms with Crippen molar-refractivity contribution in [2.75, 3.05) is 26.2 Å². The molecule has 1 aromatic carbocycles. The number of hydrogen-bond acceptors (Lipinski definition) is 2. The smallest absolute Gasteiger partial charge is 0.314 e. The Hall–Kier alpha value is -0.300. The summed E-state index contributed by atoms with van der Waals surface area (Å²) in [6.45, 7) is 2.63. The number of piperazine rings is 1. The molecule has 0 radical (unpaired) electrons. The summed E-state index contributed by atoms with van der Waals surface area (Å²) in [5.41, 5.74) is 0.633. The molecule has 1 atom stereocenters. The maximum Gasteiger partial charge on any atom is 0.390 e. The van der Waals surface area contributed by atoms with Gasteiger partial charge in [-0.05, 0) is 17.7 Å². The first-order chi connectivity index (χ1) is 9.37. The topological polar surface area (TPSA) is 15.3 Å². The van der Waals surface area contributed by atoms with Gasteiger partial charge in [0.05, 0.1) is 6.42 Å². The average molecular weight is 372 g/mol. The zero-order valence-electron chi connectivity index (χ0n) is 10.7. The molecule has 2 nitrogen and oxygen atoms in total. The Labute approximate surface area is 129 Å². The number of nitrogens with one attached hydrogen (secondary N) is 1. The van der Waals surface area contributed by atoms with Crippen molar-refractivity contribution in [2.24, 2.45) is 0 Å². The molecule has 0 unspecified atom stereocenters. The summed E-state index contributed by atoms with van der Waals surface area (Å²) in [6.07, 6.45) is -5.05. The molecule has 1 heterocycles. The van der Waals surface area contributed by atoms with Crippen molar-refractivity contribution in [3.8, 4) is 0 Å². The highest BCUT2D eigenvalue weighted by molar-refractivity contribution is 9.10. The van der Waals surface area contributed by atoms with E-state index in [1.165, 1.54) is 0 Å². The Balaban J connectivity index is 2.29. The van der Waals surface area contributed by atoms with Gasteiger partial charge in [-0.25, -0.2) is 0 Å². The van der Waals surface area contributed by atoms with Gasteiger partial charge in [0.25, 0.3) is 0 Å². The lowest BCUT2D eigenvalue weighted by atomic mass is 10.0. The van der Waals surface area contributed by atoms with Crippen molar-refractivity contribution in [2.45, 2.75) is 18.6 Å². The zero-order valence-corrected chi connectivity index (χ0v) is 13.0. The number of nitrogens with zero attached hydrogens (tertiary/aromatic N) is 1. The van der Waals surface area contributed by atoms with Gasteiger partial charge in [0.2, 0.25) is 0 Å². The lowest BCUT2D eigenvalue weighted by Crippen LogP contribution is -2.46. The molecular weight excluding hydrogens is 357 g/mol. The van der Waals surface area contributed by atoms with Gasteiger partial charge in [-0.3, -0.25) is 4.90 Å². The first kappa shape index (κ1) is 16.1. The fraction of sp³-hybridized carbons (Fsp3) is 0.538. The van der Waals surface area contributed by atoms with Crippen LogP contribution in [0, 0.1) is 0 Å². The Bertz CT molecular complexity index is 461. The molecule has 0 bridgehead atoms. The van der Waals surface area contributed by atoms with Crippen LogP contribution in [0.25, 0.3) is 0 Å². The molecule has 0 spiro atoms. The summed E-state index contributed by atoms with van der Waals surface area (Å²) in [4.78, 5) is 1.87. The Morgan fingerprint density at radius 1 is 1.30 bits per heavy atom. The molecule has 2 rings (SSSR count). The van der Waals surface area contributed by atoms with Gasteiger partial charge in [0.15, 0.2) is 0 Å². The van der Waals surface area contributed by atoms with Crippen molar-refractivity contribution in [1.82, 2.24) is 10.2 Å². The van der Waals surface area contributed by atoms with E-state index in [9.17, 15) is 13.2 Å².